The van der Waals surface area contributed by atoms with Crippen molar-refractivity contribution in [1.29, 1.82) is 0 Å². The minimum Gasteiger partial charge on any atom is -0.456 e. The van der Waals surface area contributed by atoms with Gasteiger partial charge in [0.05, 0.1) is 33.7 Å². The largest absolute Gasteiger partial charge is 0.456 e. The van der Waals surface area contributed by atoms with Crippen molar-refractivity contribution in [3.05, 3.63) is 217 Å². The van der Waals surface area contributed by atoms with Crippen molar-refractivity contribution < 1.29 is 4.42 Å². The van der Waals surface area contributed by atoms with Gasteiger partial charge in [-0.15, -0.1) is 0 Å². The summed E-state index contributed by atoms with van der Waals surface area (Å²) < 4.78 is 6.46. The van der Waals surface area contributed by atoms with E-state index in [2.05, 4.69) is 169 Å². The number of para-hydroxylation sites is 3. The molecule has 3 aromatic heterocycles. The molecule has 0 radical (unpaired) electrons. The number of furan rings is 1. The normalized spacial score (nSPS) is 15.4. The van der Waals surface area contributed by atoms with Crippen LogP contribution in [0.25, 0.3) is 77.9 Å². The molecule has 11 aromatic rings. The number of anilines is 3. The molecule has 5 nitrogen and oxygen atoms in total. The topological polar surface area (TPSA) is 55.1 Å². The third-order valence-electron chi connectivity index (χ3n) is 13.1. The van der Waals surface area contributed by atoms with E-state index in [0.717, 1.165) is 83.5 Å². The van der Waals surface area contributed by atoms with E-state index in [9.17, 15) is 0 Å². The molecule has 0 saturated heterocycles. The zero-order chi connectivity index (χ0) is 40.5. The zero-order valence-electron chi connectivity index (χ0n) is 33.1. The van der Waals surface area contributed by atoms with Crippen molar-refractivity contribution >= 4 is 61.7 Å². The second-order valence-corrected chi connectivity index (χ2v) is 17.3. The molecule has 0 fully saturated rings. The van der Waals surface area contributed by atoms with Crippen LogP contribution in [0.2, 0.25) is 0 Å². The first-order valence-corrected chi connectivity index (χ1v) is 21.7. The number of hydrogen-bond donors (Lipinski definition) is 0. The Morgan fingerprint density at radius 1 is 0.484 bits per heavy atom. The second-order valence-electron chi connectivity index (χ2n) is 16.3. The maximum atomic E-state index is 6.46. The molecule has 1 atom stereocenters. The molecule has 0 N–H and O–H groups in total. The summed E-state index contributed by atoms with van der Waals surface area (Å²) in [6.45, 7) is 0. The third kappa shape index (κ3) is 4.51. The average Bonchev–Trinajstić information content (AvgIpc) is 3.97. The smallest absolute Gasteiger partial charge is 0.161 e. The lowest BCUT2D eigenvalue weighted by atomic mass is 9.70. The molecule has 2 aliphatic carbocycles. The summed E-state index contributed by atoms with van der Waals surface area (Å²) in [7, 11) is 0. The van der Waals surface area contributed by atoms with Crippen LogP contribution in [0.5, 0.6) is 0 Å². The highest BCUT2D eigenvalue weighted by molar-refractivity contribution is 8.00. The first kappa shape index (κ1) is 34.0. The Kier molecular flexibility index (Phi) is 6.91. The Bertz CT molecular complexity index is 3710. The van der Waals surface area contributed by atoms with Gasteiger partial charge in [-0.2, -0.15) is 0 Å². The van der Waals surface area contributed by atoms with Gasteiger partial charge in [-0.05, 0) is 76.3 Å². The third-order valence-corrected chi connectivity index (χ3v) is 14.3. The van der Waals surface area contributed by atoms with E-state index in [1.54, 1.807) is 0 Å². The van der Waals surface area contributed by atoms with E-state index >= 15 is 0 Å². The lowest BCUT2D eigenvalue weighted by molar-refractivity contribution is 0.669. The van der Waals surface area contributed by atoms with Crippen LogP contribution < -0.4 is 4.90 Å². The fourth-order valence-corrected chi connectivity index (χ4v) is 11.8. The molecule has 62 heavy (non-hydrogen) atoms. The van der Waals surface area contributed by atoms with Crippen LogP contribution in [0.4, 0.5) is 17.1 Å². The monoisotopic (exact) mass is 808 g/mol. The van der Waals surface area contributed by atoms with Crippen LogP contribution in [0, 0.1) is 0 Å². The molecule has 1 aliphatic heterocycles. The number of fused-ring (bicyclic) bond motifs is 17. The standard InChI is InChI=1S/C56H32N4OS/c1-2-14-33(15-3-1)52-40-19-6-10-22-45(40)58-55(59-52)34-30-44-53(57-32-34)39-18-5-9-21-42(39)56(44)41-20-8-4-17-38(41)51-43(56)28-29-47-54(51)62-50-25-13-11-23-46(50)60(47)35-26-27-37-36-16-7-12-24-48(36)61-49(37)31-35/h1-32H. The molecule has 1 unspecified atom stereocenters. The van der Waals surface area contributed by atoms with Crippen molar-refractivity contribution in [3.63, 3.8) is 0 Å². The van der Waals surface area contributed by atoms with Crippen molar-refractivity contribution in [2.75, 3.05) is 4.90 Å². The van der Waals surface area contributed by atoms with Crippen molar-refractivity contribution in [3.8, 4) is 45.0 Å². The van der Waals surface area contributed by atoms with Gasteiger partial charge in [-0.1, -0.05) is 145 Å². The summed E-state index contributed by atoms with van der Waals surface area (Å²) in [6, 6.07) is 67.2. The summed E-state index contributed by atoms with van der Waals surface area (Å²) in [4.78, 5) is 20.7. The van der Waals surface area contributed by atoms with E-state index in [0.29, 0.717) is 5.82 Å². The highest BCUT2D eigenvalue weighted by atomic mass is 32.2. The van der Waals surface area contributed by atoms with Crippen LogP contribution in [-0.4, -0.2) is 15.0 Å². The van der Waals surface area contributed by atoms with Gasteiger partial charge in [0.1, 0.15) is 11.2 Å². The van der Waals surface area contributed by atoms with Crippen LogP contribution in [0.3, 0.4) is 0 Å². The quantitative estimate of drug-likeness (QED) is 0.177. The minimum absolute atomic E-state index is 0.620. The van der Waals surface area contributed by atoms with Gasteiger partial charge in [-0.3, -0.25) is 4.98 Å². The van der Waals surface area contributed by atoms with Gasteiger partial charge >= 0.3 is 0 Å². The number of aromatic nitrogens is 3. The lowest BCUT2D eigenvalue weighted by Crippen LogP contribution is -2.26. The Morgan fingerprint density at radius 3 is 2.11 bits per heavy atom. The Labute approximate surface area is 361 Å². The SMILES string of the molecule is c1ccc(-c2nc(-c3cnc4c(c3)C3(c5ccccc5-4)c4ccccc4-c4c3ccc3c4Sc4ccccc4N3c3ccc4c(c3)oc3ccccc34)nc3ccccc23)cc1. The van der Waals surface area contributed by atoms with Crippen molar-refractivity contribution in [2.45, 2.75) is 15.2 Å². The van der Waals surface area contributed by atoms with Crippen LogP contribution in [0.15, 0.2) is 208 Å². The van der Waals surface area contributed by atoms with Gasteiger partial charge in [0.2, 0.25) is 0 Å². The van der Waals surface area contributed by atoms with Crippen molar-refractivity contribution in [1.82, 2.24) is 15.0 Å². The van der Waals surface area contributed by atoms with Crippen LogP contribution in [0.1, 0.15) is 22.3 Å². The van der Waals surface area contributed by atoms with Gasteiger partial charge in [0.15, 0.2) is 5.82 Å². The predicted octanol–water partition coefficient (Wildman–Crippen LogP) is 14.5. The molecule has 3 aliphatic rings. The highest BCUT2D eigenvalue weighted by Crippen LogP contribution is 2.66. The number of nitrogens with zero attached hydrogens (tertiary/aromatic N) is 4. The van der Waals surface area contributed by atoms with Gasteiger partial charge in [-0.25, -0.2) is 9.97 Å². The fourth-order valence-electron chi connectivity index (χ4n) is 10.6. The maximum absolute atomic E-state index is 6.46. The number of hydrogen-bond acceptors (Lipinski definition) is 6. The first-order chi connectivity index (χ1) is 30.7. The first-order valence-electron chi connectivity index (χ1n) is 20.9. The summed E-state index contributed by atoms with van der Waals surface area (Å²) in [5.41, 5.74) is 17.8. The predicted molar refractivity (Wildman–Crippen MR) is 251 cm³/mol. The zero-order valence-corrected chi connectivity index (χ0v) is 33.9. The molecule has 0 bridgehead atoms. The molecule has 6 heteroatoms. The van der Waals surface area contributed by atoms with E-state index in [-0.39, 0.29) is 0 Å². The molecule has 288 valence electrons. The molecule has 0 saturated carbocycles. The molecular weight excluding hydrogens is 777 g/mol. The lowest BCUT2D eigenvalue weighted by Gasteiger charge is -2.35. The molecule has 14 rings (SSSR count). The summed E-state index contributed by atoms with van der Waals surface area (Å²) in [5, 5.41) is 3.27. The molecule has 8 aromatic carbocycles. The average molecular weight is 809 g/mol. The second kappa shape index (κ2) is 12.6. The number of pyridine rings is 1. The summed E-state index contributed by atoms with van der Waals surface area (Å²) in [6.07, 6.45) is 1.96. The van der Waals surface area contributed by atoms with E-state index in [4.69, 9.17) is 19.4 Å². The molecule has 0 amide bonds. The Morgan fingerprint density at radius 2 is 1.21 bits per heavy atom. The summed E-state index contributed by atoms with van der Waals surface area (Å²) >= 11 is 1.86. The van der Waals surface area contributed by atoms with Gasteiger partial charge in [0, 0.05) is 66.2 Å². The van der Waals surface area contributed by atoms with Crippen LogP contribution >= 0.6 is 11.8 Å². The highest BCUT2D eigenvalue weighted by Gasteiger charge is 2.53. The summed E-state index contributed by atoms with van der Waals surface area (Å²) in [5.74, 6) is 0.658. The van der Waals surface area contributed by atoms with Crippen LogP contribution in [-0.2, 0) is 5.41 Å². The van der Waals surface area contributed by atoms with E-state index < -0.39 is 5.41 Å². The molecular formula is C56H32N4OS. The van der Waals surface area contributed by atoms with Crippen molar-refractivity contribution in [2.24, 2.45) is 0 Å². The maximum Gasteiger partial charge on any atom is 0.161 e. The number of benzene rings is 8. The minimum atomic E-state index is -0.620. The van der Waals surface area contributed by atoms with E-state index in [1.165, 1.54) is 37.6 Å². The van der Waals surface area contributed by atoms with E-state index in [1.807, 2.05) is 42.2 Å². The fraction of sp³-hybridized carbons (Fsp3) is 0.0179. The molecule has 4 heterocycles. The Balaban J connectivity index is 1.01. The van der Waals surface area contributed by atoms with Gasteiger partial charge < -0.3 is 9.32 Å². The number of rotatable bonds is 3. The van der Waals surface area contributed by atoms with Gasteiger partial charge in [0.25, 0.3) is 0 Å². The Hall–Kier alpha value is -7.80. The molecule has 1 spiro atoms.